The van der Waals surface area contributed by atoms with Gasteiger partial charge in [0.2, 0.25) is 0 Å². The molecule has 0 aliphatic carbocycles. The second-order valence-corrected chi connectivity index (χ2v) is 4.03. The Hall–Kier alpha value is -1.51. The minimum atomic E-state index is -0.832. The molecule has 0 saturated carbocycles. The molecule has 1 aromatic rings. The van der Waals surface area contributed by atoms with Gasteiger partial charge in [-0.3, -0.25) is 4.79 Å². The average Bonchev–Trinajstić information content (AvgIpc) is 2.19. The summed E-state index contributed by atoms with van der Waals surface area (Å²) in [4.78, 5) is 10.8. The molecule has 0 unspecified atom stereocenters. The molecular weight excluding hydrogens is 204 g/mol. The molecule has 0 aliphatic rings. The molecule has 0 aliphatic heterocycles. The molecule has 3 nitrogen and oxygen atoms in total. The zero-order valence-corrected chi connectivity index (χ0v) is 9.99. The van der Waals surface area contributed by atoms with Crippen LogP contribution in [-0.4, -0.2) is 17.7 Å². The van der Waals surface area contributed by atoms with Gasteiger partial charge < -0.3 is 9.84 Å². The van der Waals surface area contributed by atoms with Crippen LogP contribution >= 0.6 is 0 Å². The first-order valence-corrected chi connectivity index (χ1v) is 5.52. The van der Waals surface area contributed by atoms with E-state index in [0.717, 1.165) is 11.1 Å². The molecule has 88 valence electrons. The van der Waals surface area contributed by atoms with E-state index < -0.39 is 5.97 Å². The fraction of sp³-hybridized carbons (Fsp3) is 0.462. The number of rotatable bonds is 5. The van der Waals surface area contributed by atoms with Crippen LogP contribution in [0.1, 0.15) is 37.8 Å². The van der Waals surface area contributed by atoms with Crippen molar-refractivity contribution in [2.24, 2.45) is 0 Å². The summed E-state index contributed by atoms with van der Waals surface area (Å²) in [5.41, 5.74) is 1.89. The number of carboxylic acid groups (broad SMARTS) is 1. The minimum absolute atomic E-state index is 0.00981. The predicted molar refractivity (Wildman–Crippen MR) is 63.0 cm³/mol. The Kier molecular flexibility index (Phi) is 4.35. The summed E-state index contributed by atoms with van der Waals surface area (Å²) in [6, 6.07) is 5.77. The minimum Gasteiger partial charge on any atom is -0.494 e. The highest BCUT2D eigenvalue weighted by molar-refractivity contribution is 5.71. The number of ether oxygens (including phenoxy) is 1. The molecule has 0 spiro atoms. The van der Waals surface area contributed by atoms with E-state index in [9.17, 15) is 4.79 Å². The van der Waals surface area contributed by atoms with Crippen molar-refractivity contribution in [1.82, 2.24) is 0 Å². The fourth-order valence-corrected chi connectivity index (χ4v) is 1.56. The Labute approximate surface area is 96.1 Å². The molecule has 16 heavy (non-hydrogen) atoms. The van der Waals surface area contributed by atoms with Gasteiger partial charge in [-0.05, 0) is 24.5 Å². The van der Waals surface area contributed by atoms with Crippen molar-refractivity contribution >= 4 is 5.97 Å². The van der Waals surface area contributed by atoms with Gasteiger partial charge in [-0.1, -0.05) is 26.0 Å². The summed E-state index contributed by atoms with van der Waals surface area (Å²) in [6.07, 6.45) is 0.00981. The third-order valence-corrected chi connectivity index (χ3v) is 2.39. The van der Waals surface area contributed by atoms with E-state index in [1.165, 1.54) is 0 Å². The quantitative estimate of drug-likeness (QED) is 0.833. The lowest BCUT2D eigenvalue weighted by molar-refractivity contribution is -0.136. The Morgan fingerprint density at radius 2 is 2.12 bits per heavy atom. The van der Waals surface area contributed by atoms with Crippen LogP contribution in [0, 0.1) is 0 Å². The van der Waals surface area contributed by atoms with Crippen molar-refractivity contribution in [3.05, 3.63) is 29.3 Å². The lowest BCUT2D eigenvalue weighted by Gasteiger charge is -2.12. The summed E-state index contributed by atoms with van der Waals surface area (Å²) < 4.78 is 5.41. The Balaban J connectivity index is 3.05. The SMILES string of the molecule is CCOc1ccc(C(C)C)cc1CC(=O)O. The fourth-order valence-electron chi connectivity index (χ4n) is 1.56. The smallest absolute Gasteiger partial charge is 0.307 e. The first kappa shape index (κ1) is 12.6. The molecule has 0 radical (unpaired) electrons. The second kappa shape index (κ2) is 5.54. The molecule has 0 fully saturated rings. The molecule has 3 heteroatoms. The summed E-state index contributed by atoms with van der Waals surface area (Å²) in [5, 5.41) is 8.83. The van der Waals surface area contributed by atoms with E-state index in [2.05, 4.69) is 13.8 Å². The zero-order valence-electron chi connectivity index (χ0n) is 9.99. The average molecular weight is 222 g/mol. The third-order valence-electron chi connectivity index (χ3n) is 2.39. The van der Waals surface area contributed by atoms with Gasteiger partial charge in [0.25, 0.3) is 0 Å². The van der Waals surface area contributed by atoms with Crippen LogP contribution in [0.15, 0.2) is 18.2 Å². The van der Waals surface area contributed by atoms with Gasteiger partial charge in [-0.2, -0.15) is 0 Å². The molecule has 0 atom stereocenters. The van der Waals surface area contributed by atoms with Crippen LogP contribution < -0.4 is 4.74 Å². The lowest BCUT2D eigenvalue weighted by atomic mass is 9.99. The van der Waals surface area contributed by atoms with E-state index >= 15 is 0 Å². The monoisotopic (exact) mass is 222 g/mol. The molecule has 0 bridgehead atoms. The molecule has 1 rings (SSSR count). The normalized spacial score (nSPS) is 10.5. The maximum atomic E-state index is 10.8. The Morgan fingerprint density at radius 3 is 2.62 bits per heavy atom. The van der Waals surface area contributed by atoms with Gasteiger partial charge in [-0.25, -0.2) is 0 Å². The van der Waals surface area contributed by atoms with E-state index in [1.54, 1.807) is 0 Å². The number of carbonyl (C=O) groups is 1. The van der Waals surface area contributed by atoms with Gasteiger partial charge in [-0.15, -0.1) is 0 Å². The summed E-state index contributed by atoms with van der Waals surface area (Å²) in [7, 11) is 0. The topological polar surface area (TPSA) is 46.5 Å². The van der Waals surface area contributed by atoms with Gasteiger partial charge in [0.1, 0.15) is 5.75 Å². The highest BCUT2D eigenvalue weighted by atomic mass is 16.5. The molecular formula is C13H18O3. The maximum absolute atomic E-state index is 10.8. The molecule has 1 aromatic carbocycles. The van der Waals surface area contributed by atoms with Gasteiger partial charge in [0, 0.05) is 5.56 Å². The number of hydrogen-bond acceptors (Lipinski definition) is 2. The second-order valence-electron chi connectivity index (χ2n) is 4.03. The zero-order chi connectivity index (χ0) is 12.1. The van der Waals surface area contributed by atoms with Gasteiger partial charge in [0.05, 0.1) is 13.0 Å². The van der Waals surface area contributed by atoms with Crippen LogP contribution in [0.5, 0.6) is 5.75 Å². The molecule has 0 heterocycles. The van der Waals surface area contributed by atoms with Crippen molar-refractivity contribution in [3.63, 3.8) is 0 Å². The van der Waals surface area contributed by atoms with E-state index in [0.29, 0.717) is 18.3 Å². The highest BCUT2D eigenvalue weighted by Crippen LogP contribution is 2.24. The number of hydrogen-bond donors (Lipinski definition) is 1. The van der Waals surface area contributed by atoms with Crippen LogP contribution in [0.2, 0.25) is 0 Å². The number of carboxylic acids is 1. The van der Waals surface area contributed by atoms with Crippen molar-refractivity contribution in [2.75, 3.05) is 6.61 Å². The number of aliphatic carboxylic acids is 1. The summed E-state index contributed by atoms with van der Waals surface area (Å²) in [6.45, 7) is 6.61. The summed E-state index contributed by atoms with van der Waals surface area (Å²) in [5.74, 6) is 0.236. The first-order chi connectivity index (χ1) is 7.54. The molecule has 0 amide bonds. The standard InChI is InChI=1S/C13H18O3/c1-4-16-12-6-5-10(9(2)3)7-11(12)8-13(14)15/h5-7,9H,4,8H2,1-3H3,(H,14,15). The third kappa shape index (κ3) is 3.26. The van der Waals surface area contributed by atoms with Crippen LogP contribution in [-0.2, 0) is 11.2 Å². The molecule has 0 saturated heterocycles. The van der Waals surface area contributed by atoms with Crippen molar-refractivity contribution in [3.8, 4) is 5.75 Å². The van der Waals surface area contributed by atoms with Crippen molar-refractivity contribution in [1.29, 1.82) is 0 Å². The van der Waals surface area contributed by atoms with Crippen LogP contribution in [0.25, 0.3) is 0 Å². The van der Waals surface area contributed by atoms with Crippen molar-refractivity contribution < 1.29 is 14.6 Å². The van der Waals surface area contributed by atoms with E-state index in [4.69, 9.17) is 9.84 Å². The number of benzene rings is 1. The highest BCUT2D eigenvalue weighted by Gasteiger charge is 2.10. The maximum Gasteiger partial charge on any atom is 0.307 e. The lowest BCUT2D eigenvalue weighted by Crippen LogP contribution is -2.05. The van der Waals surface area contributed by atoms with Crippen molar-refractivity contribution in [2.45, 2.75) is 33.1 Å². The van der Waals surface area contributed by atoms with E-state index in [-0.39, 0.29) is 6.42 Å². The largest absolute Gasteiger partial charge is 0.494 e. The molecule has 1 N–H and O–H groups in total. The predicted octanol–water partition coefficient (Wildman–Crippen LogP) is 2.84. The van der Waals surface area contributed by atoms with Gasteiger partial charge >= 0.3 is 5.97 Å². The van der Waals surface area contributed by atoms with Gasteiger partial charge in [0.15, 0.2) is 0 Å². The van der Waals surface area contributed by atoms with Crippen LogP contribution in [0.3, 0.4) is 0 Å². The first-order valence-electron chi connectivity index (χ1n) is 5.52. The van der Waals surface area contributed by atoms with E-state index in [1.807, 2.05) is 25.1 Å². The Morgan fingerprint density at radius 1 is 1.44 bits per heavy atom. The molecule has 0 aromatic heterocycles. The Bertz CT molecular complexity index is 369. The van der Waals surface area contributed by atoms with Crippen LogP contribution in [0.4, 0.5) is 0 Å². The summed E-state index contributed by atoms with van der Waals surface area (Å²) >= 11 is 0.